The molecule has 0 radical (unpaired) electrons. The van der Waals surface area contributed by atoms with Gasteiger partial charge in [-0.3, -0.25) is 4.79 Å². The van der Waals surface area contributed by atoms with Crippen LogP contribution in [0.1, 0.15) is 33.5 Å². The van der Waals surface area contributed by atoms with Gasteiger partial charge in [0, 0.05) is 30.0 Å². The fourth-order valence-corrected chi connectivity index (χ4v) is 4.12. The van der Waals surface area contributed by atoms with Crippen LogP contribution in [0.25, 0.3) is 0 Å². The zero-order valence-electron chi connectivity index (χ0n) is 15.9. The Hall–Kier alpha value is -2.86. The second-order valence-electron chi connectivity index (χ2n) is 6.88. The van der Waals surface area contributed by atoms with Crippen LogP contribution in [0.15, 0.2) is 53.9 Å². The number of rotatable bonds is 4. The summed E-state index contributed by atoms with van der Waals surface area (Å²) in [5.41, 5.74) is 2.66. The number of hydrogen-bond acceptors (Lipinski definition) is 5. The largest absolute Gasteiger partial charge is 0.497 e. The Morgan fingerprint density at radius 3 is 2.89 bits per heavy atom. The molecule has 0 aliphatic carbocycles. The van der Waals surface area contributed by atoms with E-state index in [2.05, 4.69) is 17.1 Å². The van der Waals surface area contributed by atoms with Crippen molar-refractivity contribution in [3.63, 3.8) is 0 Å². The lowest BCUT2D eigenvalue weighted by molar-refractivity contribution is 0.0685. The Bertz CT molecular complexity index is 971. The van der Waals surface area contributed by atoms with Crippen LogP contribution in [0.4, 0.5) is 0 Å². The van der Waals surface area contributed by atoms with Crippen molar-refractivity contribution in [1.82, 2.24) is 9.88 Å². The summed E-state index contributed by atoms with van der Waals surface area (Å²) in [7, 11) is 1.63. The van der Waals surface area contributed by atoms with Crippen molar-refractivity contribution in [2.24, 2.45) is 0 Å². The minimum absolute atomic E-state index is 0.0605. The molecule has 0 bridgehead atoms. The maximum absolute atomic E-state index is 13.1. The van der Waals surface area contributed by atoms with Crippen molar-refractivity contribution < 1.29 is 14.3 Å². The third-order valence-electron chi connectivity index (χ3n) is 4.70. The first-order valence-corrected chi connectivity index (χ1v) is 10.1. The van der Waals surface area contributed by atoms with Crippen LogP contribution < -0.4 is 9.47 Å². The molecule has 1 aromatic heterocycles. The van der Waals surface area contributed by atoms with Gasteiger partial charge in [-0.1, -0.05) is 30.3 Å². The Balaban J connectivity index is 1.52. The highest BCUT2D eigenvalue weighted by Crippen LogP contribution is 2.30. The van der Waals surface area contributed by atoms with Gasteiger partial charge in [0.1, 0.15) is 23.3 Å². The third kappa shape index (κ3) is 4.02. The van der Waals surface area contributed by atoms with Gasteiger partial charge in [-0.05, 0) is 24.6 Å². The molecule has 2 aromatic carbocycles. The van der Waals surface area contributed by atoms with Crippen LogP contribution in [-0.4, -0.2) is 35.5 Å². The Kier molecular flexibility index (Phi) is 5.30. The van der Waals surface area contributed by atoms with E-state index in [1.54, 1.807) is 7.11 Å². The Labute approximate surface area is 168 Å². The average Bonchev–Trinajstić information content (AvgIpc) is 3.09. The second-order valence-corrected chi connectivity index (χ2v) is 7.82. The lowest BCUT2D eigenvalue weighted by Crippen LogP contribution is -2.36. The van der Waals surface area contributed by atoms with Gasteiger partial charge in [0.25, 0.3) is 5.91 Å². The maximum Gasteiger partial charge on any atom is 0.273 e. The summed E-state index contributed by atoms with van der Waals surface area (Å²) in [6.45, 7) is 2.98. The first kappa shape index (κ1) is 18.5. The van der Waals surface area contributed by atoms with Crippen LogP contribution in [0, 0.1) is 0 Å². The molecule has 0 saturated heterocycles. The molecule has 1 aliphatic heterocycles. The summed E-state index contributed by atoms with van der Waals surface area (Å²) in [6.07, 6.45) is 0.626. The summed E-state index contributed by atoms with van der Waals surface area (Å²) < 4.78 is 11.3. The van der Waals surface area contributed by atoms with Crippen LogP contribution in [0.3, 0.4) is 0 Å². The van der Waals surface area contributed by atoms with Crippen molar-refractivity contribution in [2.45, 2.75) is 26.0 Å². The predicted molar refractivity (Wildman–Crippen MR) is 109 cm³/mol. The van der Waals surface area contributed by atoms with Crippen molar-refractivity contribution in [2.75, 3.05) is 13.7 Å². The number of amides is 1. The number of methoxy groups -OCH3 is 1. The fourth-order valence-electron chi connectivity index (χ4n) is 3.31. The number of fused-ring (bicyclic) bond motifs is 1. The first-order chi connectivity index (χ1) is 13.6. The van der Waals surface area contributed by atoms with Crippen LogP contribution in [0.2, 0.25) is 0 Å². The van der Waals surface area contributed by atoms with Gasteiger partial charge in [-0.2, -0.15) is 0 Å². The van der Waals surface area contributed by atoms with Gasteiger partial charge in [0.2, 0.25) is 0 Å². The summed E-state index contributed by atoms with van der Waals surface area (Å²) in [4.78, 5) is 19.5. The Morgan fingerprint density at radius 2 is 2.11 bits per heavy atom. The second kappa shape index (κ2) is 8.02. The maximum atomic E-state index is 13.1. The molecular weight excluding hydrogens is 372 g/mol. The topological polar surface area (TPSA) is 51.7 Å². The van der Waals surface area contributed by atoms with Gasteiger partial charge >= 0.3 is 0 Å². The lowest BCUT2D eigenvalue weighted by Gasteiger charge is -2.21. The molecule has 2 heterocycles. The molecular formula is C22H22N2O3S. The van der Waals surface area contributed by atoms with E-state index in [1.807, 2.05) is 53.6 Å². The molecule has 1 atom stereocenters. The predicted octanol–water partition coefficient (Wildman–Crippen LogP) is 4.17. The first-order valence-electron chi connectivity index (χ1n) is 9.23. The molecule has 1 aliphatic rings. The number of thiazole rings is 1. The van der Waals surface area contributed by atoms with E-state index in [0.717, 1.165) is 28.5 Å². The SMILES string of the molecule is COc1ccc2c(c1)O[C@H](C)CN(C(=O)c1csc(Cc3ccccc3)n1)C2. The number of ether oxygens (including phenoxy) is 2. The van der Waals surface area contributed by atoms with Gasteiger partial charge in [-0.25, -0.2) is 4.98 Å². The molecule has 5 nitrogen and oxygen atoms in total. The lowest BCUT2D eigenvalue weighted by atomic mass is 10.1. The van der Waals surface area contributed by atoms with Gasteiger partial charge in [0.15, 0.2) is 0 Å². The number of nitrogens with zero attached hydrogens (tertiary/aromatic N) is 2. The average molecular weight is 394 g/mol. The molecule has 0 saturated carbocycles. The number of carbonyl (C=O) groups excluding carboxylic acids is 1. The van der Waals surface area contributed by atoms with E-state index >= 15 is 0 Å². The number of carbonyl (C=O) groups is 1. The molecule has 6 heteroatoms. The molecule has 3 aromatic rings. The van der Waals surface area contributed by atoms with Crippen molar-refractivity contribution in [3.8, 4) is 11.5 Å². The van der Waals surface area contributed by atoms with Crippen molar-refractivity contribution in [3.05, 3.63) is 75.7 Å². The molecule has 0 fully saturated rings. The molecule has 28 heavy (non-hydrogen) atoms. The molecule has 0 N–H and O–H groups in total. The van der Waals surface area contributed by atoms with E-state index in [4.69, 9.17) is 9.47 Å². The highest BCUT2D eigenvalue weighted by molar-refractivity contribution is 7.09. The monoisotopic (exact) mass is 394 g/mol. The normalized spacial score (nSPS) is 16.1. The molecule has 0 unspecified atom stereocenters. The van der Waals surface area contributed by atoms with E-state index in [-0.39, 0.29) is 12.0 Å². The summed E-state index contributed by atoms with van der Waals surface area (Å²) in [5, 5.41) is 2.80. The smallest absolute Gasteiger partial charge is 0.273 e. The molecule has 0 spiro atoms. The zero-order chi connectivity index (χ0) is 19.5. The third-order valence-corrected chi connectivity index (χ3v) is 5.55. The van der Waals surface area contributed by atoms with E-state index in [9.17, 15) is 4.79 Å². The zero-order valence-corrected chi connectivity index (χ0v) is 16.7. The van der Waals surface area contributed by atoms with Gasteiger partial charge in [0.05, 0.1) is 18.7 Å². The summed E-state index contributed by atoms with van der Waals surface area (Å²) in [6, 6.07) is 15.9. The van der Waals surface area contributed by atoms with Crippen LogP contribution in [-0.2, 0) is 13.0 Å². The minimum atomic E-state index is -0.111. The minimum Gasteiger partial charge on any atom is -0.497 e. The fraction of sp³-hybridized carbons (Fsp3) is 0.273. The van der Waals surface area contributed by atoms with Crippen molar-refractivity contribution >= 4 is 17.2 Å². The quantitative estimate of drug-likeness (QED) is 0.667. The molecule has 4 rings (SSSR count). The van der Waals surface area contributed by atoms with E-state index < -0.39 is 0 Å². The van der Waals surface area contributed by atoms with Gasteiger partial charge < -0.3 is 14.4 Å². The molecule has 144 valence electrons. The number of hydrogen-bond donors (Lipinski definition) is 0. The highest BCUT2D eigenvalue weighted by atomic mass is 32.1. The molecule has 1 amide bonds. The van der Waals surface area contributed by atoms with Crippen LogP contribution in [0.5, 0.6) is 11.5 Å². The summed E-state index contributed by atoms with van der Waals surface area (Å²) >= 11 is 1.53. The number of benzene rings is 2. The van der Waals surface area contributed by atoms with Gasteiger partial charge in [-0.15, -0.1) is 11.3 Å². The standard InChI is InChI=1S/C22H22N2O3S/c1-15-12-24(13-17-8-9-18(26-2)11-20(17)27-15)22(25)19-14-28-21(23-19)10-16-6-4-3-5-7-16/h3-9,11,14-15H,10,12-13H2,1-2H3/t15-/m1/s1. The summed E-state index contributed by atoms with van der Waals surface area (Å²) in [5.74, 6) is 1.45. The highest BCUT2D eigenvalue weighted by Gasteiger charge is 2.26. The van der Waals surface area contributed by atoms with E-state index in [0.29, 0.717) is 18.8 Å². The van der Waals surface area contributed by atoms with Crippen LogP contribution >= 0.6 is 11.3 Å². The Morgan fingerprint density at radius 1 is 1.29 bits per heavy atom. The van der Waals surface area contributed by atoms with E-state index in [1.165, 1.54) is 16.9 Å². The number of aromatic nitrogens is 1. The van der Waals surface area contributed by atoms with Crippen molar-refractivity contribution in [1.29, 1.82) is 0 Å².